The number of aliphatic hydroxyl groups excluding tert-OH is 4. The van der Waals surface area contributed by atoms with E-state index < -0.39 is 35.9 Å². The second kappa shape index (κ2) is 8.59. The van der Waals surface area contributed by atoms with Gasteiger partial charge in [-0.05, 0) is 0 Å². The lowest BCUT2D eigenvalue weighted by molar-refractivity contribution is -0.493. The third kappa shape index (κ3) is 6.87. The summed E-state index contributed by atoms with van der Waals surface area (Å²) in [6, 6.07) is 0. The van der Waals surface area contributed by atoms with Crippen LogP contribution in [0.5, 0.6) is 0 Å². The van der Waals surface area contributed by atoms with Gasteiger partial charge in [0.1, 0.15) is 18.3 Å². The second-order valence-electron chi connectivity index (χ2n) is 4.11. The molecule has 0 heterocycles. The predicted octanol–water partition coefficient (Wildman–Crippen LogP) is -1.61. The lowest BCUT2D eigenvalue weighted by Crippen LogP contribution is -2.49. The molecule has 0 rings (SSSR count). The molecular formula is C11H20N2O6. The van der Waals surface area contributed by atoms with E-state index >= 15 is 0 Å². The van der Waals surface area contributed by atoms with E-state index in [1.807, 2.05) is 0 Å². The van der Waals surface area contributed by atoms with Crippen LogP contribution in [0.4, 0.5) is 0 Å². The Kier molecular flexibility index (Phi) is 7.92. The van der Waals surface area contributed by atoms with Crippen LogP contribution in [-0.4, -0.2) is 62.9 Å². The van der Waals surface area contributed by atoms with Crippen molar-refractivity contribution in [3.63, 3.8) is 0 Å². The summed E-state index contributed by atoms with van der Waals surface area (Å²) >= 11 is 0. The van der Waals surface area contributed by atoms with Crippen molar-refractivity contribution in [1.29, 1.82) is 0 Å². The molecule has 0 bridgehead atoms. The van der Waals surface area contributed by atoms with Crippen LogP contribution in [0.1, 0.15) is 6.42 Å². The van der Waals surface area contributed by atoms with Crippen molar-refractivity contribution in [2.75, 3.05) is 13.1 Å². The highest BCUT2D eigenvalue weighted by Gasteiger charge is 2.32. The fourth-order valence-electron chi connectivity index (χ4n) is 1.33. The molecule has 0 saturated heterocycles. The van der Waals surface area contributed by atoms with Gasteiger partial charge in [0.25, 0.3) is 0 Å². The zero-order valence-corrected chi connectivity index (χ0v) is 10.5. The van der Waals surface area contributed by atoms with Crippen LogP contribution in [-0.2, 0) is 0 Å². The Balaban J connectivity index is 4.23. The molecule has 0 fully saturated rings. The van der Waals surface area contributed by atoms with E-state index in [0.717, 1.165) is 0 Å². The fraction of sp³-hybridized carbons (Fsp3) is 0.636. The standard InChI is InChI=1S/C11H20N2O6/c1-3-4-7(2)12-5-8(14)10(16)11(17)9(15)6-13(18)19/h3,8-12,14-17H,1-2,4-6H2/t8-,9+,10+,11+/m0/s1. The molecule has 0 saturated carbocycles. The van der Waals surface area contributed by atoms with Crippen molar-refractivity contribution < 1.29 is 25.3 Å². The number of hydrogen-bond acceptors (Lipinski definition) is 7. The van der Waals surface area contributed by atoms with E-state index in [0.29, 0.717) is 12.1 Å². The van der Waals surface area contributed by atoms with Gasteiger partial charge in [-0.1, -0.05) is 12.7 Å². The monoisotopic (exact) mass is 276 g/mol. The first kappa shape index (κ1) is 17.5. The van der Waals surface area contributed by atoms with E-state index in [2.05, 4.69) is 18.5 Å². The Morgan fingerprint density at radius 3 is 2.26 bits per heavy atom. The van der Waals surface area contributed by atoms with Crippen molar-refractivity contribution in [2.24, 2.45) is 0 Å². The third-order valence-corrected chi connectivity index (χ3v) is 2.43. The van der Waals surface area contributed by atoms with Crippen molar-refractivity contribution >= 4 is 0 Å². The summed E-state index contributed by atoms with van der Waals surface area (Å²) in [5.41, 5.74) is 0.557. The average molecular weight is 276 g/mol. The van der Waals surface area contributed by atoms with E-state index in [4.69, 9.17) is 0 Å². The largest absolute Gasteiger partial charge is 0.388 e. The van der Waals surface area contributed by atoms with E-state index in [1.54, 1.807) is 6.08 Å². The Labute approximate surface area is 110 Å². The zero-order valence-electron chi connectivity index (χ0n) is 10.5. The van der Waals surface area contributed by atoms with Gasteiger partial charge in [0.2, 0.25) is 6.54 Å². The van der Waals surface area contributed by atoms with Crippen LogP contribution in [0.15, 0.2) is 24.9 Å². The molecule has 0 aliphatic carbocycles. The maximum absolute atomic E-state index is 10.2. The van der Waals surface area contributed by atoms with Gasteiger partial charge in [0.05, 0.1) is 6.10 Å². The summed E-state index contributed by atoms with van der Waals surface area (Å²) in [6.07, 6.45) is -4.62. The minimum Gasteiger partial charge on any atom is -0.388 e. The molecular weight excluding hydrogens is 256 g/mol. The summed E-state index contributed by atoms with van der Waals surface area (Å²) in [5.74, 6) is 0. The highest BCUT2D eigenvalue weighted by molar-refractivity contribution is 4.98. The first-order chi connectivity index (χ1) is 8.79. The second-order valence-corrected chi connectivity index (χ2v) is 4.11. The Morgan fingerprint density at radius 1 is 1.26 bits per heavy atom. The Bertz CT molecular complexity index is 322. The highest BCUT2D eigenvalue weighted by atomic mass is 16.6. The fourth-order valence-corrected chi connectivity index (χ4v) is 1.33. The van der Waals surface area contributed by atoms with Crippen LogP contribution in [0.25, 0.3) is 0 Å². The molecule has 0 radical (unpaired) electrons. The van der Waals surface area contributed by atoms with Gasteiger partial charge in [0, 0.05) is 23.6 Å². The van der Waals surface area contributed by atoms with Crippen LogP contribution in [0.3, 0.4) is 0 Å². The van der Waals surface area contributed by atoms with Crippen LogP contribution in [0.2, 0.25) is 0 Å². The molecule has 0 spiro atoms. The van der Waals surface area contributed by atoms with Crippen LogP contribution < -0.4 is 5.32 Å². The minimum atomic E-state index is -1.81. The van der Waals surface area contributed by atoms with Gasteiger partial charge in [-0.3, -0.25) is 10.1 Å². The van der Waals surface area contributed by atoms with E-state index in [9.17, 15) is 30.5 Å². The predicted molar refractivity (Wildman–Crippen MR) is 67.8 cm³/mol. The maximum Gasteiger partial charge on any atom is 0.232 e. The molecule has 0 aliphatic heterocycles. The normalized spacial score (nSPS) is 17.1. The minimum absolute atomic E-state index is 0.115. The number of nitrogens with one attached hydrogen (secondary N) is 1. The van der Waals surface area contributed by atoms with Gasteiger partial charge in [-0.2, -0.15) is 0 Å². The number of aliphatic hydroxyl groups is 4. The van der Waals surface area contributed by atoms with Crippen molar-refractivity contribution in [3.05, 3.63) is 35.0 Å². The molecule has 0 aromatic rings. The molecule has 8 nitrogen and oxygen atoms in total. The van der Waals surface area contributed by atoms with Crippen molar-refractivity contribution in [3.8, 4) is 0 Å². The molecule has 0 aromatic heterocycles. The number of nitrogens with zero attached hydrogens (tertiary/aromatic N) is 1. The molecule has 0 aliphatic rings. The number of nitro groups is 1. The molecule has 4 atom stereocenters. The first-order valence-electron chi connectivity index (χ1n) is 5.66. The van der Waals surface area contributed by atoms with Crippen molar-refractivity contribution in [2.45, 2.75) is 30.8 Å². The maximum atomic E-state index is 10.2. The Hall–Kier alpha value is -1.48. The average Bonchev–Trinajstić information content (AvgIpc) is 2.33. The molecule has 8 heteroatoms. The SMILES string of the molecule is C=CCC(=C)NC[C@H](O)[C@@H](O)[C@H](O)[C@H](O)C[N+](=O)[O-]. The number of rotatable bonds is 10. The molecule has 0 amide bonds. The summed E-state index contributed by atoms with van der Waals surface area (Å²) < 4.78 is 0. The molecule has 19 heavy (non-hydrogen) atoms. The number of allylic oxidation sites excluding steroid dienone is 1. The zero-order chi connectivity index (χ0) is 15.0. The lowest BCUT2D eigenvalue weighted by atomic mass is 10.0. The van der Waals surface area contributed by atoms with Crippen LogP contribution in [0, 0.1) is 10.1 Å². The highest BCUT2D eigenvalue weighted by Crippen LogP contribution is 2.06. The summed E-state index contributed by atoms with van der Waals surface area (Å²) in [7, 11) is 0. The quantitative estimate of drug-likeness (QED) is 0.184. The Morgan fingerprint density at radius 2 is 1.79 bits per heavy atom. The summed E-state index contributed by atoms with van der Waals surface area (Å²) in [6.45, 7) is 6.08. The summed E-state index contributed by atoms with van der Waals surface area (Å²) in [4.78, 5) is 9.33. The van der Waals surface area contributed by atoms with Crippen LogP contribution >= 0.6 is 0 Å². The summed E-state index contributed by atoms with van der Waals surface area (Å²) in [5, 5.41) is 50.7. The molecule has 5 N–H and O–H groups in total. The van der Waals surface area contributed by atoms with Gasteiger partial charge >= 0.3 is 0 Å². The topological polar surface area (TPSA) is 136 Å². The first-order valence-corrected chi connectivity index (χ1v) is 5.66. The number of hydrogen-bond donors (Lipinski definition) is 5. The van der Waals surface area contributed by atoms with Gasteiger partial charge in [0.15, 0.2) is 0 Å². The molecule has 0 aromatic carbocycles. The lowest BCUT2D eigenvalue weighted by Gasteiger charge is -2.25. The van der Waals surface area contributed by atoms with Gasteiger partial charge in [-0.25, -0.2) is 0 Å². The van der Waals surface area contributed by atoms with E-state index in [-0.39, 0.29) is 6.54 Å². The van der Waals surface area contributed by atoms with E-state index in [1.165, 1.54) is 0 Å². The van der Waals surface area contributed by atoms with Gasteiger partial charge < -0.3 is 25.7 Å². The molecule has 110 valence electrons. The smallest absolute Gasteiger partial charge is 0.232 e. The van der Waals surface area contributed by atoms with Crippen molar-refractivity contribution in [1.82, 2.24) is 5.32 Å². The van der Waals surface area contributed by atoms with Gasteiger partial charge in [-0.15, -0.1) is 6.58 Å². The molecule has 0 unspecified atom stereocenters. The third-order valence-electron chi connectivity index (χ3n) is 2.43.